The minimum absolute atomic E-state index is 0.135. The average Bonchev–Trinajstić information content (AvgIpc) is 3.47. The van der Waals surface area contributed by atoms with Crippen molar-refractivity contribution in [3.8, 4) is 16.9 Å². The number of hydrogen-bond donors (Lipinski definition) is 0. The molecular formula is C28H23FN4O3S3. The molecule has 1 fully saturated rings. The van der Waals surface area contributed by atoms with Gasteiger partial charge in [-0.1, -0.05) is 66.4 Å². The Labute approximate surface area is 235 Å². The third kappa shape index (κ3) is 5.57. The standard InChI is InChI=1S/C28H23FN4O3S3/c1-31(2)39(35,36)24-10-6-7-20(15-24)26-21(18-33(30-26)23-8-4-3-5-9-23)16-25-27(34)32(28(37)38-25)17-19-11-13-22(29)14-12-19/h3-16,18H,17H2,1-2H3/b25-16-. The van der Waals surface area contributed by atoms with Crippen LogP contribution in [0.2, 0.25) is 0 Å². The number of para-hydroxylation sites is 1. The highest BCUT2D eigenvalue weighted by atomic mass is 32.2. The Hall–Kier alpha value is -3.64. The molecule has 0 spiro atoms. The minimum atomic E-state index is -3.67. The van der Waals surface area contributed by atoms with Crippen LogP contribution in [0.1, 0.15) is 11.1 Å². The predicted octanol–water partition coefficient (Wildman–Crippen LogP) is 5.33. The fourth-order valence-corrected chi connectivity index (χ4v) is 6.19. The fourth-order valence-electron chi connectivity index (χ4n) is 3.99. The van der Waals surface area contributed by atoms with Gasteiger partial charge in [0.1, 0.15) is 15.8 Å². The predicted molar refractivity (Wildman–Crippen MR) is 155 cm³/mol. The second-order valence-electron chi connectivity index (χ2n) is 8.92. The van der Waals surface area contributed by atoms with E-state index in [0.717, 1.165) is 15.6 Å². The second kappa shape index (κ2) is 10.9. The molecule has 0 saturated carbocycles. The van der Waals surface area contributed by atoms with Gasteiger partial charge in [0.2, 0.25) is 10.0 Å². The molecule has 0 aliphatic carbocycles. The highest BCUT2D eigenvalue weighted by molar-refractivity contribution is 8.26. The summed E-state index contributed by atoms with van der Waals surface area (Å²) in [7, 11) is -0.711. The summed E-state index contributed by atoms with van der Waals surface area (Å²) in [5.74, 6) is -0.619. The number of sulfonamides is 1. The lowest BCUT2D eigenvalue weighted by atomic mass is 10.1. The highest BCUT2D eigenvalue weighted by Crippen LogP contribution is 2.36. The molecule has 0 N–H and O–H groups in total. The molecule has 0 radical (unpaired) electrons. The summed E-state index contributed by atoms with van der Waals surface area (Å²) in [5.41, 5.74) is 3.28. The van der Waals surface area contributed by atoms with Crippen LogP contribution in [0.25, 0.3) is 23.0 Å². The number of nitrogens with zero attached hydrogens (tertiary/aromatic N) is 4. The molecule has 0 bridgehead atoms. The number of carbonyl (C=O) groups is 1. The van der Waals surface area contributed by atoms with Gasteiger partial charge in [0, 0.05) is 31.4 Å². The Morgan fingerprint density at radius 1 is 1.03 bits per heavy atom. The summed E-state index contributed by atoms with van der Waals surface area (Å²) >= 11 is 6.66. The van der Waals surface area contributed by atoms with Crippen LogP contribution in [-0.2, 0) is 21.4 Å². The number of amides is 1. The van der Waals surface area contributed by atoms with Gasteiger partial charge in [-0.05, 0) is 48.0 Å². The summed E-state index contributed by atoms with van der Waals surface area (Å²) in [6.45, 7) is 0.225. The number of benzene rings is 3. The average molecular weight is 579 g/mol. The number of thiocarbonyl (C=S) groups is 1. The van der Waals surface area contributed by atoms with Crippen LogP contribution < -0.4 is 0 Å². The van der Waals surface area contributed by atoms with Gasteiger partial charge in [-0.2, -0.15) is 5.10 Å². The van der Waals surface area contributed by atoms with Crippen molar-refractivity contribution in [2.45, 2.75) is 11.4 Å². The number of halogens is 1. The Kier molecular flexibility index (Phi) is 7.50. The molecule has 1 saturated heterocycles. The number of carbonyl (C=O) groups excluding carboxylic acids is 1. The number of thioether (sulfide) groups is 1. The first-order chi connectivity index (χ1) is 18.6. The molecule has 11 heteroatoms. The van der Waals surface area contributed by atoms with Crippen LogP contribution in [0.15, 0.2) is 94.9 Å². The molecule has 2 heterocycles. The molecule has 198 valence electrons. The maximum absolute atomic E-state index is 13.3. The van der Waals surface area contributed by atoms with E-state index in [1.807, 2.05) is 30.3 Å². The Morgan fingerprint density at radius 3 is 2.44 bits per heavy atom. The number of rotatable bonds is 7. The first-order valence-electron chi connectivity index (χ1n) is 11.8. The van der Waals surface area contributed by atoms with E-state index < -0.39 is 10.0 Å². The van der Waals surface area contributed by atoms with Crippen molar-refractivity contribution in [1.29, 1.82) is 0 Å². The number of hydrogen-bond acceptors (Lipinski definition) is 6. The van der Waals surface area contributed by atoms with Crippen LogP contribution in [0, 0.1) is 5.82 Å². The maximum atomic E-state index is 13.3. The number of aromatic nitrogens is 2. The lowest BCUT2D eigenvalue weighted by Gasteiger charge is -2.14. The van der Waals surface area contributed by atoms with Gasteiger partial charge in [-0.25, -0.2) is 21.8 Å². The Morgan fingerprint density at radius 2 is 1.74 bits per heavy atom. The van der Waals surface area contributed by atoms with E-state index in [2.05, 4.69) is 0 Å². The van der Waals surface area contributed by atoms with Gasteiger partial charge in [-0.3, -0.25) is 9.69 Å². The van der Waals surface area contributed by atoms with E-state index in [0.29, 0.717) is 26.0 Å². The quantitative estimate of drug-likeness (QED) is 0.218. The third-order valence-corrected chi connectivity index (χ3v) is 9.25. The molecule has 39 heavy (non-hydrogen) atoms. The monoisotopic (exact) mass is 578 g/mol. The first kappa shape index (κ1) is 26.9. The molecule has 1 aliphatic heterocycles. The molecule has 3 aromatic carbocycles. The van der Waals surface area contributed by atoms with Gasteiger partial charge in [0.25, 0.3) is 5.91 Å². The molecule has 1 aliphatic rings. The summed E-state index contributed by atoms with van der Waals surface area (Å²) < 4.78 is 42.1. The molecule has 1 amide bonds. The topological polar surface area (TPSA) is 75.5 Å². The molecule has 7 nitrogen and oxygen atoms in total. The van der Waals surface area contributed by atoms with Crippen LogP contribution in [0.4, 0.5) is 4.39 Å². The third-order valence-electron chi connectivity index (χ3n) is 6.06. The van der Waals surface area contributed by atoms with Gasteiger partial charge in [0.05, 0.1) is 22.0 Å². The van der Waals surface area contributed by atoms with E-state index in [4.69, 9.17) is 17.3 Å². The lowest BCUT2D eigenvalue weighted by Crippen LogP contribution is -2.27. The van der Waals surface area contributed by atoms with Crippen molar-refractivity contribution >= 4 is 50.3 Å². The van der Waals surface area contributed by atoms with Gasteiger partial charge in [0.15, 0.2) is 0 Å². The minimum Gasteiger partial charge on any atom is -0.288 e. The van der Waals surface area contributed by atoms with E-state index in [1.165, 1.54) is 49.0 Å². The fraction of sp³-hybridized carbons (Fsp3) is 0.107. The van der Waals surface area contributed by atoms with Gasteiger partial charge < -0.3 is 0 Å². The molecule has 5 rings (SSSR count). The van der Waals surface area contributed by atoms with Crippen LogP contribution in [0.3, 0.4) is 0 Å². The zero-order valence-electron chi connectivity index (χ0n) is 21.0. The van der Waals surface area contributed by atoms with E-state index >= 15 is 0 Å². The van der Waals surface area contributed by atoms with Crippen molar-refractivity contribution in [3.63, 3.8) is 0 Å². The summed E-state index contributed by atoms with van der Waals surface area (Å²) in [6.07, 6.45) is 3.52. The SMILES string of the molecule is CN(C)S(=O)(=O)c1cccc(-c2nn(-c3ccccc3)cc2/C=C2\SC(=S)N(Cc3ccc(F)cc3)C2=O)c1. The van der Waals surface area contributed by atoms with Crippen LogP contribution >= 0.6 is 24.0 Å². The van der Waals surface area contributed by atoms with E-state index in [-0.39, 0.29) is 23.2 Å². The van der Waals surface area contributed by atoms with Crippen molar-refractivity contribution in [1.82, 2.24) is 19.0 Å². The van der Waals surface area contributed by atoms with Gasteiger partial charge >= 0.3 is 0 Å². The van der Waals surface area contributed by atoms with Crippen molar-refractivity contribution in [2.24, 2.45) is 0 Å². The molecule has 0 atom stereocenters. The van der Waals surface area contributed by atoms with E-state index in [9.17, 15) is 17.6 Å². The molecule has 0 unspecified atom stereocenters. The smallest absolute Gasteiger partial charge is 0.266 e. The zero-order chi connectivity index (χ0) is 27.7. The molecular weight excluding hydrogens is 556 g/mol. The molecule has 1 aromatic heterocycles. The largest absolute Gasteiger partial charge is 0.288 e. The summed E-state index contributed by atoms with van der Waals surface area (Å²) in [6, 6.07) is 22.0. The van der Waals surface area contributed by atoms with Gasteiger partial charge in [-0.15, -0.1) is 0 Å². The van der Waals surface area contributed by atoms with E-state index in [1.54, 1.807) is 47.3 Å². The lowest BCUT2D eigenvalue weighted by molar-refractivity contribution is -0.122. The normalized spacial score (nSPS) is 15.1. The van der Waals surface area contributed by atoms with Crippen LogP contribution in [0.5, 0.6) is 0 Å². The van der Waals surface area contributed by atoms with Crippen molar-refractivity contribution < 1.29 is 17.6 Å². The molecule has 4 aromatic rings. The highest BCUT2D eigenvalue weighted by Gasteiger charge is 2.32. The zero-order valence-corrected chi connectivity index (χ0v) is 23.4. The second-order valence-corrected chi connectivity index (χ2v) is 12.8. The van der Waals surface area contributed by atoms with Crippen LogP contribution in [-0.4, -0.2) is 51.7 Å². The van der Waals surface area contributed by atoms with Crippen molar-refractivity contribution in [2.75, 3.05) is 14.1 Å². The first-order valence-corrected chi connectivity index (χ1v) is 14.5. The Balaban J connectivity index is 1.56. The Bertz CT molecular complexity index is 1700. The maximum Gasteiger partial charge on any atom is 0.266 e. The van der Waals surface area contributed by atoms with Crippen molar-refractivity contribution in [3.05, 3.63) is 107 Å². The summed E-state index contributed by atoms with van der Waals surface area (Å²) in [5, 5.41) is 4.76. The summed E-state index contributed by atoms with van der Waals surface area (Å²) in [4.78, 5) is 15.4.